The number of fused-ring (bicyclic) bond motifs is 1. The van der Waals surface area contributed by atoms with Crippen LogP contribution in [-0.4, -0.2) is 45.7 Å². The summed E-state index contributed by atoms with van der Waals surface area (Å²) in [4.78, 5) is 14.7. The van der Waals surface area contributed by atoms with Crippen molar-refractivity contribution in [2.45, 2.75) is 12.3 Å². The quantitative estimate of drug-likeness (QED) is 0.385. The number of carbonyl (C=O) groups is 1. The molecule has 0 N–H and O–H groups in total. The molecule has 0 fully saturated rings. The molecule has 1 unspecified atom stereocenters. The van der Waals surface area contributed by atoms with Crippen molar-refractivity contribution < 1.29 is 21.8 Å². The molecule has 0 aromatic heterocycles. The molecular weight excluding hydrogens is 476 g/mol. The Labute approximate surface area is 196 Å². The first-order valence-corrected chi connectivity index (χ1v) is 12.4. The summed E-state index contributed by atoms with van der Waals surface area (Å²) in [6, 6.07) is 14.7. The maximum Gasteiger partial charge on any atom is 0.264 e. The highest BCUT2D eigenvalue weighted by atomic mass is 35.5. The Balaban J connectivity index is 1.87. The topological polar surface area (TPSA) is 63.7 Å². The monoisotopic (exact) mass is 497 g/mol. The maximum atomic E-state index is 14.2. The number of halogens is 3. The van der Waals surface area contributed by atoms with Gasteiger partial charge in [0.2, 0.25) is 0 Å². The lowest BCUT2D eigenvalue weighted by Crippen LogP contribution is -2.32. The summed E-state index contributed by atoms with van der Waals surface area (Å²) >= 11 is 12.2. The van der Waals surface area contributed by atoms with E-state index in [-0.39, 0.29) is 25.0 Å². The van der Waals surface area contributed by atoms with E-state index in [0.29, 0.717) is 32.8 Å². The van der Waals surface area contributed by atoms with E-state index in [2.05, 4.69) is 0 Å². The van der Waals surface area contributed by atoms with E-state index in [0.717, 1.165) is 11.8 Å². The van der Waals surface area contributed by atoms with Gasteiger partial charge in [-0.2, -0.15) is 8.42 Å². The van der Waals surface area contributed by atoms with Gasteiger partial charge in [-0.05, 0) is 41.6 Å². The molecule has 0 saturated heterocycles. The third kappa shape index (κ3) is 5.98. The largest absolute Gasteiger partial charge is 0.341 e. The van der Waals surface area contributed by atoms with Gasteiger partial charge < -0.3 is 4.90 Å². The third-order valence-corrected chi connectivity index (χ3v) is 6.45. The van der Waals surface area contributed by atoms with Gasteiger partial charge in [0.25, 0.3) is 16.0 Å². The first kappa shape index (κ1) is 24.5. The fourth-order valence-corrected chi connectivity index (χ4v) is 4.24. The van der Waals surface area contributed by atoms with E-state index >= 15 is 0 Å². The van der Waals surface area contributed by atoms with Crippen LogP contribution in [0.25, 0.3) is 10.8 Å². The summed E-state index contributed by atoms with van der Waals surface area (Å²) in [7, 11) is -1.96. The van der Waals surface area contributed by atoms with Gasteiger partial charge in [-0.25, -0.2) is 4.39 Å². The van der Waals surface area contributed by atoms with Crippen LogP contribution < -0.4 is 0 Å². The van der Waals surface area contributed by atoms with Gasteiger partial charge in [0.1, 0.15) is 5.82 Å². The van der Waals surface area contributed by atoms with Crippen LogP contribution in [0.2, 0.25) is 10.0 Å². The average molecular weight is 498 g/mol. The molecule has 0 spiro atoms. The van der Waals surface area contributed by atoms with E-state index in [9.17, 15) is 17.6 Å². The summed E-state index contributed by atoms with van der Waals surface area (Å²) in [6.07, 6.45) is 1.31. The molecule has 5 nitrogen and oxygen atoms in total. The summed E-state index contributed by atoms with van der Waals surface area (Å²) < 4.78 is 41.8. The number of nitrogens with zero attached hydrogens (tertiary/aromatic N) is 1. The standard InChI is InChI=1S/C23H22Cl2FNO4S/c1-27(23(28)19-8-10-22(26)18-6-4-3-5-17(18)19)14-16(11-12-31-32(2,29)30)15-7-9-20(24)21(25)13-15/h3-10,13,16H,11-12,14H2,1-2H3. The number of likely N-dealkylation sites (N-methyl/N-ethyl adjacent to an activating group) is 1. The van der Waals surface area contributed by atoms with Crippen molar-refractivity contribution >= 4 is 50.0 Å². The van der Waals surface area contributed by atoms with Crippen LogP contribution in [0.5, 0.6) is 0 Å². The zero-order chi connectivity index (χ0) is 23.5. The fourth-order valence-electron chi connectivity index (χ4n) is 3.54. The number of amides is 1. The van der Waals surface area contributed by atoms with Crippen molar-refractivity contribution in [1.82, 2.24) is 4.90 Å². The highest BCUT2D eigenvalue weighted by molar-refractivity contribution is 7.85. The second-order valence-corrected chi connectivity index (χ2v) is 9.97. The summed E-state index contributed by atoms with van der Waals surface area (Å²) in [5.41, 5.74) is 1.17. The van der Waals surface area contributed by atoms with E-state index in [4.69, 9.17) is 27.4 Å². The van der Waals surface area contributed by atoms with Crippen LogP contribution in [0.1, 0.15) is 28.3 Å². The Bertz CT molecular complexity index is 1250. The number of rotatable bonds is 8. The van der Waals surface area contributed by atoms with Crippen LogP contribution in [0.15, 0.2) is 54.6 Å². The molecule has 1 amide bonds. The number of carbonyl (C=O) groups excluding carboxylic acids is 1. The highest BCUT2D eigenvalue weighted by Crippen LogP contribution is 2.30. The predicted molar refractivity (Wildman–Crippen MR) is 125 cm³/mol. The Hall–Kier alpha value is -2.19. The van der Waals surface area contributed by atoms with Crippen LogP contribution in [0.3, 0.4) is 0 Å². The molecule has 0 aliphatic rings. The molecule has 9 heteroatoms. The number of hydrogen-bond acceptors (Lipinski definition) is 4. The van der Waals surface area contributed by atoms with Crippen molar-refractivity contribution in [3.05, 3.63) is 81.6 Å². The normalized spacial score (nSPS) is 12.7. The van der Waals surface area contributed by atoms with Crippen LogP contribution in [0, 0.1) is 5.82 Å². The Morgan fingerprint density at radius 2 is 1.75 bits per heavy atom. The molecule has 32 heavy (non-hydrogen) atoms. The van der Waals surface area contributed by atoms with Gasteiger partial charge in [-0.1, -0.05) is 53.5 Å². The van der Waals surface area contributed by atoms with Gasteiger partial charge in [-0.15, -0.1) is 0 Å². The van der Waals surface area contributed by atoms with Crippen molar-refractivity contribution in [3.8, 4) is 0 Å². The molecular formula is C23H22Cl2FNO4S. The Kier molecular flexibility index (Phi) is 7.77. The van der Waals surface area contributed by atoms with Gasteiger partial charge in [0.05, 0.1) is 22.9 Å². The van der Waals surface area contributed by atoms with Crippen molar-refractivity contribution in [2.75, 3.05) is 26.5 Å². The molecule has 0 heterocycles. The highest BCUT2D eigenvalue weighted by Gasteiger charge is 2.22. The molecule has 170 valence electrons. The summed E-state index contributed by atoms with van der Waals surface area (Å²) in [5, 5.41) is 1.64. The molecule has 0 aliphatic heterocycles. The molecule has 3 aromatic carbocycles. The second kappa shape index (κ2) is 10.2. The minimum Gasteiger partial charge on any atom is -0.341 e. The van der Waals surface area contributed by atoms with E-state index in [1.54, 1.807) is 49.5 Å². The van der Waals surface area contributed by atoms with E-state index in [1.807, 2.05) is 0 Å². The van der Waals surface area contributed by atoms with Crippen LogP contribution in [-0.2, 0) is 14.3 Å². The molecule has 0 aliphatic carbocycles. The molecule has 0 bridgehead atoms. The lowest BCUT2D eigenvalue weighted by Gasteiger charge is -2.25. The molecule has 0 saturated carbocycles. The maximum absolute atomic E-state index is 14.2. The lowest BCUT2D eigenvalue weighted by molar-refractivity contribution is 0.0784. The average Bonchev–Trinajstić information content (AvgIpc) is 2.74. The summed E-state index contributed by atoms with van der Waals surface area (Å²) in [6.45, 7) is 0.209. The summed E-state index contributed by atoms with van der Waals surface area (Å²) in [5.74, 6) is -0.950. The number of benzene rings is 3. The van der Waals surface area contributed by atoms with Gasteiger partial charge in [-0.3, -0.25) is 8.98 Å². The number of hydrogen-bond donors (Lipinski definition) is 0. The first-order chi connectivity index (χ1) is 15.1. The van der Waals surface area contributed by atoms with Crippen molar-refractivity contribution in [1.29, 1.82) is 0 Å². The van der Waals surface area contributed by atoms with Gasteiger partial charge in [0.15, 0.2) is 0 Å². The molecule has 1 atom stereocenters. The predicted octanol–water partition coefficient (Wildman–Crippen LogP) is 5.51. The lowest BCUT2D eigenvalue weighted by atomic mass is 9.95. The van der Waals surface area contributed by atoms with E-state index < -0.39 is 15.9 Å². The minimum absolute atomic E-state index is 0.0503. The van der Waals surface area contributed by atoms with Crippen molar-refractivity contribution in [3.63, 3.8) is 0 Å². The second-order valence-electron chi connectivity index (χ2n) is 7.51. The van der Waals surface area contributed by atoms with Crippen LogP contribution in [0.4, 0.5) is 4.39 Å². The molecule has 0 radical (unpaired) electrons. The van der Waals surface area contributed by atoms with Crippen molar-refractivity contribution in [2.24, 2.45) is 0 Å². The SMILES string of the molecule is CN(CC(CCOS(C)(=O)=O)c1ccc(Cl)c(Cl)c1)C(=O)c1ccc(F)c2ccccc12. The Morgan fingerprint density at radius 1 is 1.06 bits per heavy atom. The van der Waals surface area contributed by atoms with E-state index in [1.165, 1.54) is 17.0 Å². The molecule has 3 rings (SSSR count). The fraction of sp³-hybridized carbons (Fsp3) is 0.261. The third-order valence-electron chi connectivity index (χ3n) is 5.12. The van der Waals surface area contributed by atoms with Gasteiger partial charge in [0, 0.05) is 30.5 Å². The van der Waals surface area contributed by atoms with Crippen LogP contribution >= 0.6 is 23.2 Å². The minimum atomic E-state index is -3.60. The zero-order valence-corrected chi connectivity index (χ0v) is 19.8. The van der Waals surface area contributed by atoms with Gasteiger partial charge >= 0.3 is 0 Å². The molecule has 3 aromatic rings. The first-order valence-electron chi connectivity index (χ1n) is 9.79. The smallest absolute Gasteiger partial charge is 0.264 e. The zero-order valence-electron chi connectivity index (χ0n) is 17.5. The Morgan fingerprint density at radius 3 is 2.41 bits per heavy atom.